The molecule has 0 bridgehead atoms. The summed E-state index contributed by atoms with van der Waals surface area (Å²) in [5, 5.41) is 8.95. The lowest BCUT2D eigenvalue weighted by Crippen LogP contribution is -2.30. The fourth-order valence-electron chi connectivity index (χ4n) is 3.60. The van der Waals surface area contributed by atoms with Gasteiger partial charge in [-0.1, -0.05) is 43.3 Å². The molecule has 0 atom stereocenters. The third kappa shape index (κ3) is 3.07. The molecular weight excluding hydrogens is 352 g/mol. The van der Waals surface area contributed by atoms with Crippen LogP contribution in [0.15, 0.2) is 59.5 Å². The van der Waals surface area contributed by atoms with Crippen LogP contribution in [0.1, 0.15) is 18.9 Å². The number of para-hydroxylation sites is 2. The van der Waals surface area contributed by atoms with Crippen molar-refractivity contribution in [3.05, 3.63) is 70.6 Å². The summed E-state index contributed by atoms with van der Waals surface area (Å²) in [6.45, 7) is 4.61. The molecule has 28 heavy (non-hydrogen) atoms. The summed E-state index contributed by atoms with van der Waals surface area (Å²) in [6, 6.07) is 15.5. The maximum Gasteiger partial charge on any atom is 0.291 e. The predicted molar refractivity (Wildman–Crippen MR) is 112 cm³/mol. The van der Waals surface area contributed by atoms with Crippen LogP contribution in [0.4, 0.5) is 5.69 Å². The molecule has 4 rings (SSSR count). The molecule has 0 spiro atoms. The lowest BCUT2D eigenvalue weighted by molar-refractivity contribution is -0.117. The largest absolute Gasteiger partial charge is 0.336 e. The summed E-state index contributed by atoms with van der Waals surface area (Å²) in [7, 11) is 0. The molecule has 0 aliphatic heterocycles. The Morgan fingerprint density at radius 1 is 1.07 bits per heavy atom. The first-order chi connectivity index (χ1) is 13.6. The second-order valence-electron chi connectivity index (χ2n) is 6.90. The van der Waals surface area contributed by atoms with E-state index in [0.717, 1.165) is 40.5 Å². The van der Waals surface area contributed by atoms with Crippen molar-refractivity contribution in [3.63, 3.8) is 0 Å². The van der Waals surface area contributed by atoms with Crippen LogP contribution < -0.4 is 10.9 Å². The molecule has 2 aromatic heterocycles. The standard InChI is InChI=1S/C22H22N4O2/c1-3-12-25-19-11-7-5-9-16(19)17-13-23-26(22(28)21(17)25)14-20(27)24-18-10-6-4-8-15(18)2/h4-11,13H,3,12,14H2,1-2H3,(H,24,27). The van der Waals surface area contributed by atoms with Crippen LogP contribution >= 0.6 is 0 Å². The van der Waals surface area contributed by atoms with E-state index in [-0.39, 0.29) is 18.0 Å². The molecule has 1 N–H and O–H groups in total. The zero-order valence-electron chi connectivity index (χ0n) is 16.0. The number of benzene rings is 2. The number of nitrogens with zero attached hydrogens (tertiary/aromatic N) is 3. The summed E-state index contributed by atoms with van der Waals surface area (Å²) in [5.41, 5.74) is 3.07. The maximum absolute atomic E-state index is 13.1. The number of hydrogen-bond donors (Lipinski definition) is 1. The van der Waals surface area contributed by atoms with E-state index in [1.165, 1.54) is 4.68 Å². The molecule has 0 saturated carbocycles. The van der Waals surface area contributed by atoms with Gasteiger partial charge in [-0.25, -0.2) is 4.68 Å². The first-order valence-corrected chi connectivity index (χ1v) is 9.42. The van der Waals surface area contributed by atoms with Gasteiger partial charge in [-0.05, 0) is 31.0 Å². The van der Waals surface area contributed by atoms with Gasteiger partial charge in [0.15, 0.2) is 0 Å². The molecule has 0 fully saturated rings. The van der Waals surface area contributed by atoms with Crippen molar-refractivity contribution >= 4 is 33.4 Å². The number of carbonyl (C=O) groups is 1. The second-order valence-corrected chi connectivity index (χ2v) is 6.90. The minimum Gasteiger partial charge on any atom is -0.336 e. The predicted octanol–water partition coefficient (Wildman–Crippen LogP) is 3.71. The fraction of sp³-hybridized carbons (Fsp3) is 0.227. The Hall–Kier alpha value is -3.41. The zero-order chi connectivity index (χ0) is 19.7. The van der Waals surface area contributed by atoms with Crippen LogP contribution in [0.2, 0.25) is 0 Å². The van der Waals surface area contributed by atoms with Crippen LogP contribution in [-0.4, -0.2) is 20.3 Å². The Morgan fingerprint density at radius 3 is 2.61 bits per heavy atom. The Bertz CT molecular complexity index is 1240. The smallest absolute Gasteiger partial charge is 0.291 e. The normalized spacial score (nSPS) is 11.2. The minimum absolute atomic E-state index is 0.128. The van der Waals surface area contributed by atoms with Crippen molar-refractivity contribution in [3.8, 4) is 0 Å². The van der Waals surface area contributed by atoms with E-state index in [4.69, 9.17) is 0 Å². The third-order valence-electron chi connectivity index (χ3n) is 4.93. The Balaban J connectivity index is 1.74. The van der Waals surface area contributed by atoms with Crippen LogP contribution in [0.25, 0.3) is 21.8 Å². The van der Waals surface area contributed by atoms with Crippen molar-refractivity contribution in [1.82, 2.24) is 14.3 Å². The van der Waals surface area contributed by atoms with Crippen LogP contribution in [0.3, 0.4) is 0 Å². The van der Waals surface area contributed by atoms with Gasteiger partial charge in [-0.3, -0.25) is 9.59 Å². The minimum atomic E-state index is -0.276. The number of fused-ring (bicyclic) bond motifs is 3. The highest BCUT2D eigenvalue weighted by Gasteiger charge is 2.16. The summed E-state index contributed by atoms with van der Waals surface area (Å²) in [6.07, 6.45) is 2.59. The molecule has 142 valence electrons. The molecule has 0 saturated heterocycles. The molecule has 0 aliphatic rings. The van der Waals surface area contributed by atoms with Crippen molar-refractivity contribution < 1.29 is 4.79 Å². The summed E-state index contributed by atoms with van der Waals surface area (Å²) >= 11 is 0. The quantitative estimate of drug-likeness (QED) is 0.579. The number of nitrogens with one attached hydrogen (secondary N) is 1. The average molecular weight is 374 g/mol. The van der Waals surface area contributed by atoms with E-state index >= 15 is 0 Å². The van der Waals surface area contributed by atoms with E-state index in [0.29, 0.717) is 5.52 Å². The molecule has 6 heteroatoms. The number of amides is 1. The summed E-state index contributed by atoms with van der Waals surface area (Å²) in [4.78, 5) is 25.6. The van der Waals surface area contributed by atoms with Crippen molar-refractivity contribution in [2.75, 3.05) is 5.32 Å². The van der Waals surface area contributed by atoms with Gasteiger partial charge in [0.25, 0.3) is 5.56 Å². The van der Waals surface area contributed by atoms with E-state index in [1.54, 1.807) is 6.20 Å². The molecule has 0 aliphatic carbocycles. The third-order valence-corrected chi connectivity index (χ3v) is 4.93. The molecule has 1 amide bonds. The topological polar surface area (TPSA) is 68.9 Å². The molecular formula is C22H22N4O2. The van der Waals surface area contributed by atoms with E-state index in [9.17, 15) is 9.59 Å². The number of anilines is 1. The van der Waals surface area contributed by atoms with Gasteiger partial charge in [0.2, 0.25) is 5.91 Å². The van der Waals surface area contributed by atoms with Gasteiger partial charge >= 0.3 is 0 Å². The lowest BCUT2D eigenvalue weighted by Gasteiger charge is -2.10. The van der Waals surface area contributed by atoms with Gasteiger partial charge in [0.1, 0.15) is 12.1 Å². The monoisotopic (exact) mass is 374 g/mol. The SMILES string of the molecule is CCCn1c2ccccc2c2cnn(CC(=O)Nc3ccccc3C)c(=O)c21. The highest BCUT2D eigenvalue weighted by molar-refractivity contribution is 6.07. The first-order valence-electron chi connectivity index (χ1n) is 9.42. The molecule has 4 aromatic rings. The lowest BCUT2D eigenvalue weighted by atomic mass is 10.2. The molecule has 2 aromatic carbocycles. The number of hydrogen-bond acceptors (Lipinski definition) is 3. The highest BCUT2D eigenvalue weighted by atomic mass is 16.2. The Labute approximate surface area is 162 Å². The number of aryl methyl sites for hydroxylation is 2. The van der Waals surface area contributed by atoms with Crippen molar-refractivity contribution in [2.24, 2.45) is 0 Å². The number of rotatable bonds is 5. The zero-order valence-corrected chi connectivity index (χ0v) is 16.0. The van der Waals surface area contributed by atoms with Crippen LogP contribution in [0, 0.1) is 6.92 Å². The number of aromatic nitrogens is 3. The van der Waals surface area contributed by atoms with Gasteiger partial charge in [-0.15, -0.1) is 0 Å². The van der Waals surface area contributed by atoms with E-state index in [1.807, 2.05) is 60.0 Å². The van der Waals surface area contributed by atoms with E-state index in [2.05, 4.69) is 17.3 Å². The highest BCUT2D eigenvalue weighted by Crippen LogP contribution is 2.26. The van der Waals surface area contributed by atoms with Crippen molar-refractivity contribution in [2.45, 2.75) is 33.4 Å². The van der Waals surface area contributed by atoms with Crippen molar-refractivity contribution in [1.29, 1.82) is 0 Å². The Morgan fingerprint density at radius 2 is 1.82 bits per heavy atom. The first kappa shape index (κ1) is 18.0. The average Bonchev–Trinajstić information content (AvgIpc) is 3.01. The maximum atomic E-state index is 13.1. The summed E-state index contributed by atoms with van der Waals surface area (Å²) < 4.78 is 3.27. The molecule has 6 nitrogen and oxygen atoms in total. The van der Waals surface area contributed by atoms with Gasteiger partial charge in [-0.2, -0.15) is 5.10 Å². The van der Waals surface area contributed by atoms with Gasteiger partial charge in [0, 0.05) is 28.5 Å². The van der Waals surface area contributed by atoms with Gasteiger partial charge in [0.05, 0.1) is 6.20 Å². The van der Waals surface area contributed by atoms with Gasteiger partial charge < -0.3 is 9.88 Å². The molecule has 2 heterocycles. The van der Waals surface area contributed by atoms with Crippen LogP contribution in [0.5, 0.6) is 0 Å². The second kappa shape index (κ2) is 7.31. The Kier molecular flexibility index (Phi) is 4.69. The van der Waals surface area contributed by atoms with E-state index < -0.39 is 0 Å². The summed E-state index contributed by atoms with van der Waals surface area (Å²) in [5.74, 6) is -0.276. The fourth-order valence-corrected chi connectivity index (χ4v) is 3.60. The molecule has 0 radical (unpaired) electrons. The number of carbonyl (C=O) groups excluding carboxylic acids is 1. The van der Waals surface area contributed by atoms with Crippen LogP contribution in [-0.2, 0) is 17.9 Å². The molecule has 0 unspecified atom stereocenters.